The third-order valence-electron chi connectivity index (χ3n) is 5.61. The molecule has 37 heavy (non-hydrogen) atoms. The molecule has 1 N–H and O–H groups in total. The zero-order valence-corrected chi connectivity index (χ0v) is 20.5. The van der Waals surface area contributed by atoms with Crippen molar-refractivity contribution in [3.05, 3.63) is 79.7 Å². The smallest absolute Gasteiger partial charge is 0.387 e. The van der Waals surface area contributed by atoms with Crippen molar-refractivity contribution in [3.63, 3.8) is 0 Å². The van der Waals surface area contributed by atoms with Crippen molar-refractivity contribution in [2.24, 2.45) is 0 Å². The minimum absolute atomic E-state index is 0.00503. The topological polar surface area (TPSA) is 96.6 Å². The number of hydrogen-bond acceptors (Lipinski definition) is 7. The van der Waals surface area contributed by atoms with Gasteiger partial charge in [0.15, 0.2) is 5.57 Å². The Morgan fingerprint density at radius 3 is 2.51 bits per heavy atom. The third kappa shape index (κ3) is 6.68. The van der Waals surface area contributed by atoms with E-state index in [9.17, 15) is 23.6 Å². The van der Waals surface area contributed by atoms with Gasteiger partial charge >= 0.3 is 6.61 Å². The summed E-state index contributed by atoms with van der Waals surface area (Å²) in [7, 11) is 0. The minimum Gasteiger partial charge on any atom is -0.435 e. The molecular weight excluding hydrogens is 502 g/mol. The summed E-state index contributed by atoms with van der Waals surface area (Å²) in [6.07, 6.45) is 1.58. The molecule has 0 saturated carbocycles. The maximum atomic E-state index is 13.4. The summed E-state index contributed by atoms with van der Waals surface area (Å²) in [6, 6.07) is 16.5. The van der Waals surface area contributed by atoms with Crippen LogP contribution in [-0.4, -0.2) is 61.4 Å². The van der Waals surface area contributed by atoms with Crippen LogP contribution in [0, 0.1) is 11.3 Å². The van der Waals surface area contributed by atoms with Crippen molar-refractivity contribution in [3.8, 4) is 17.5 Å². The largest absolute Gasteiger partial charge is 0.435 e. The number of amides is 1. The number of nitrogens with zero attached hydrogens (tertiary/aromatic N) is 3. The first-order valence-corrected chi connectivity index (χ1v) is 12.3. The van der Waals surface area contributed by atoms with E-state index in [1.165, 1.54) is 28.8 Å². The number of nitrogens with one attached hydrogen (secondary N) is 1. The number of carbonyl (C=O) groups is 1. The van der Waals surface area contributed by atoms with Gasteiger partial charge in [0.05, 0.1) is 23.4 Å². The number of benzene rings is 2. The number of aromatic nitrogens is 1. The average Bonchev–Trinajstić information content (AvgIpc) is 3.21. The molecule has 192 valence electrons. The Morgan fingerprint density at radius 1 is 1.16 bits per heavy atom. The molecule has 1 saturated heterocycles. The molecule has 2 aromatic carbocycles. The van der Waals surface area contributed by atoms with Gasteiger partial charge in [0.2, 0.25) is 0 Å². The summed E-state index contributed by atoms with van der Waals surface area (Å²) in [5.74, 6) is -0.573. The fourth-order valence-corrected chi connectivity index (χ4v) is 4.90. The predicted molar refractivity (Wildman–Crippen MR) is 135 cm³/mol. The summed E-state index contributed by atoms with van der Waals surface area (Å²) >= 11 is 1.01. The van der Waals surface area contributed by atoms with Gasteiger partial charge in [-0.25, -0.2) is 0 Å². The van der Waals surface area contributed by atoms with E-state index in [1.807, 2.05) is 6.07 Å². The van der Waals surface area contributed by atoms with Crippen LogP contribution in [0.3, 0.4) is 0 Å². The van der Waals surface area contributed by atoms with Crippen molar-refractivity contribution in [1.29, 1.82) is 5.26 Å². The number of para-hydroxylation sites is 1. The van der Waals surface area contributed by atoms with E-state index in [1.54, 1.807) is 36.4 Å². The van der Waals surface area contributed by atoms with Crippen LogP contribution in [0.4, 0.5) is 8.78 Å². The molecule has 4 rings (SSSR count). The second-order valence-electron chi connectivity index (χ2n) is 8.04. The summed E-state index contributed by atoms with van der Waals surface area (Å²) in [5, 5.41) is 12.7. The zero-order valence-electron chi connectivity index (χ0n) is 19.7. The number of morpholine rings is 1. The van der Waals surface area contributed by atoms with Crippen molar-refractivity contribution in [1.82, 2.24) is 14.8 Å². The first-order valence-electron chi connectivity index (χ1n) is 11.5. The number of ether oxygens (including phenoxy) is 2. The van der Waals surface area contributed by atoms with E-state index in [4.69, 9.17) is 4.74 Å². The Labute approximate surface area is 215 Å². The molecule has 0 atom stereocenters. The molecule has 0 aliphatic carbocycles. The lowest BCUT2D eigenvalue weighted by Crippen LogP contribution is -2.42. The van der Waals surface area contributed by atoms with Crippen LogP contribution in [0.1, 0.15) is 5.56 Å². The normalized spacial score (nSPS) is 15.4. The van der Waals surface area contributed by atoms with Crippen LogP contribution in [-0.2, 0) is 9.53 Å². The third-order valence-corrected chi connectivity index (χ3v) is 6.70. The van der Waals surface area contributed by atoms with Crippen LogP contribution >= 0.6 is 11.3 Å². The monoisotopic (exact) mass is 526 g/mol. The molecule has 1 aliphatic rings. The van der Waals surface area contributed by atoms with E-state index in [0.29, 0.717) is 37.6 Å². The number of thiazole rings is 1. The number of halogens is 2. The van der Waals surface area contributed by atoms with Crippen LogP contribution < -0.4 is 24.8 Å². The molecule has 1 aliphatic heterocycles. The Bertz CT molecular complexity index is 1440. The molecule has 0 radical (unpaired) electrons. The minimum atomic E-state index is -2.94. The second-order valence-corrected chi connectivity index (χ2v) is 9.07. The lowest BCUT2D eigenvalue weighted by molar-refractivity contribution is -0.115. The van der Waals surface area contributed by atoms with Gasteiger partial charge in [-0.15, -0.1) is 11.3 Å². The van der Waals surface area contributed by atoms with E-state index >= 15 is 0 Å². The molecule has 2 heterocycles. The molecule has 1 fully saturated rings. The van der Waals surface area contributed by atoms with Crippen molar-refractivity contribution in [2.75, 3.05) is 39.4 Å². The van der Waals surface area contributed by atoms with Crippen LogP contribution in [0.2, 0.25) is 0 Å². The summed E-state index contributed by atoms with van der Waals surface area (Å²) in [5.41, 5.74) is 0.495. The quantitative estimate of drug-likeness (QED) is 0.478. The van der Waals surface area contributed by atoms with Gasteiger partial charge < -0.3 is 14.8 Å². The molecular formula is C26H24F2N4O4S. The van der Waals surface area contributed by atoms with Crippen molar-refractivity contribution >= 4 is 28.9 Å². The van der Waals surface area contributed by atoms with E-state index in [2.05, 4.69) is 15.0 Å². The second kappa shape index (κ2) is 12.4. The highest BCUT2D eigenvalue weighted by atomic mass is 32.1. The number of carbonyl (C=O) groups excluding carboxylic acids is 1. The van der Waals surface area contributed by atoms with E-state index in [-0.39, 0.29) is 20.5 Å². The van der Waals surface area contributed by atoms with Crippen LogP contribution in [0.15, 0.2) is 59.4 Å². The standard InChI is InChI=1S/C26H24F2N4O4S/c27-26(28)36-20-8-6-18(7-9-20)16-22-24(34)32(19-4-2-1-3-5-19)25(37-22)21(17-29)23(33)30-10-11-31-12-14-35-15-13-31/h1-9,16,26H,10-15H2,(H,30,33)/b22-16+,25-21+. The highest BCUT2D eigenvalue weighted by Crippen LogP contribution is 2.15. The van der Waals surface area contributed by atoms with Gasteiger partial charge in [0.1, 0.15) is 16.5 Å². The molecule has 11 heteroatoms. The summed E-state index contributed by atoms with van der Waals surface area (Å²) in [6.45, 7) is 0.861. The lowest BCUT2D eigenvalue weighted by Gasteiger charge is -2.26. The molecule has 0 bridgehead atoms. The molecule has 1 amide bonds. The van der Waals surface area contributed by atoms with Gasteiger partial charge in [0, 0.05) is 26.2 Å². The number of nitriles is 1. The fraction of sp³-hybridized carbons (Fsp3) is 0.269. The highest BCUT2D eigenvalue weighted by molar-refractivity contribution is 7.07. The van der Waals surface area contributed by atoms with Crippen molar-refractivity contribution in [2.45, 2.75) is 6.61 Å². The molecule has 1 aromatic heterocycles. The van der Waals surface area contributed by atoms with Gasteiger partial charge in [-0.2, -0.15) is 14.0 Å². The number of hydrogen-bond donors (Lipinski definition) is 1. The Morgan fingerprint density at radius 2 is 1.86 bits per heavy atom. The maximum absolute atomic E-state index is 13.4. The Kier molecular flexibility index (Phi) is 8.79. The van der Waals surface area contributed by atoms with Gasteiger partial charge in [-0.3, -0.25) is 19.1 Å². The Balaban J connectivity index is 1.71. The van der Waals surface area contributed by atoms with Gasteiger partial charge in [0.25, 0.3) is 11.5 Å². The fourth-order valence-electron chi connectivity index (χ4n) is 3.79. The average molecular weight is 527 g/mol. The van der Waals surface area contributed by atoms with E-state index < -0.39 is 18.1 Å². The molecule has 0 spiro atoms. The first kappa shape index (κ1) is 26.2. The highest BCUT2D eigenvalue weighted by Gasteiger charge is 2.17. The molecule has 3 aromatic rings. The number of rotatable bonds is 8. The zero-order chi connectivity index (χ0) is 26.2. The molecule has 0 unspecified atom stereocenters. The summed E-state index contributed by atoms with van der Waals surface area (Å²) in [4.78, 5) is 28.6. The van der Waals surface area contributed by atoms with Gasteiger partial charge in [-0.1, -0.05) is 30.3 Å². The molecule has 8 nitrogen and oxygen atoms in total. The van der Waals surface area contributed by atoms with Crippen molar-refractivity contribution < 1.29 is 23.0 Å². The summed E-state index contributed by atoms with van der Waals surface area (Å²) < 4.78 is 36.4. The Hall–Kier alpha value is -3.85. The van der Waals surface area contributed by atoms with Crippen LogP contribution in [0.5, 0.6) is 5.75 Å². The maximum Gasteiger partial charge on any atom is 0.387 e. The predicted octanol–water partition coefficient (Wildman–Crippen LogP) is 1.45. The van der Waals surface area contributed by atoms with E-state index in [0.717, 1.165) is 24.4 Å². The lowest BCUT2D eigenvalue weighted by atomic mass is 10.2. The van der Waals surface area contributed by atoms with Gasteiger partial charge in [-0.05, 0) is 35.9 Å². The SMILES string of the molecule is N#C/C(C(=O)NCCN1CCOCC1)=c1\s/c(=C/c2ccc(OC(F)F)cc2)c(=O)n1-c1ccccc1. The first-order chi connectivity index (χ1) is 18.0. The number of alkyl halides is 2. The van der Waals surface area contributed by atoms with Crippen LogP contribution in [0.25, 0.3) is 17.3 Å².